The molecular weight excluding hydrogens is 428 g/mol. The van der Waals surface area contributed by atoms with Gasteiger partial charge in [-0.1, -0.05) is 31.2 Å². The topological polar surface area (TPSA) is 78.0 Å². The predicted octanol–water partition coefficient (Wildman–Crippen LogP) is 4.91. The lowest BCUT2D eigenvalue weighted by Crippen LogP contribution is -2.22. The lowest BCUT2D eigenvalue weighted by molar-refractivity contribution is -0.147. The highest BCUT2D eigenvalue weighted by Gasteiger charge is 2.18. The number of carbonyl (C=O) groups is 2. The SMILES string of the molecule is CCOc1ccccc1OCC(=O)OCc1csc(N(C(C)=O)c2ccc(CC)cc2)n1. The standard InChI is InChI=1S/C24H26N2O5S/c1-4-18-10-12-20(13-11-18)26(17(3)27)24-25-19(16-32-24)14-31-23(28)15-30-22-9-7-6-8-21(22)29-5-2/h6-13,16H,4-5,14-15H2,1-3H3. The number of aryl methyl sites for hydroxylation is 1. The van der Waals surface area contributed by atoms with E-state index in [-0.39, 0.29) is 19.1 Å². The smallest absolute Gasteiger partial charge is 0.344 e. The lowest BCUT2D eigenvalue weighted by atomic mass is 10.1. The van der Waals surface area contributed by atoms with Crippen LogP contribution in [0, 0.1) is 0 Å². The number of benzene rings is 2. The van der Waals surface area contributed by atoms with Crippen LogP contribution in [0.1, 0.15) is 32.0 Å². The Hall–Kier alpha value is -3.39. The Labute approximate surface area is 191 Å². The Bertz CT molecular complexity index is 1050. The van der Waals surface area contributed by atoms with Crippen molar-refractivity contribution < 1.29 is 23.8 Å². The number of nitrogens with zero attached hydrogens (tertiary/aromatic N) is 2. The molecule has 0 radical (unpaired) electrons. The average molecular weight is 455 g/mol. The Balaban J connectivity index is 1.58. The van der Waals surface area contributed by atoms with Gasteiger partial charge in [0.2, 0.25) is 5.91 Å². The molecule has 0 atom stereocenters. The molecule has 1 heterocycles. The molecule has 168 valence electrons. The van der Waals surface area contributed by atoms with E-state index in [9.17, 15) is 9.59 Å². The van der Waals surface area contributed by atoms with Crippen molar-refractivity contribution in [3.8, 4) is 11.5 Å². The quantitative estimate of drug-likeness (QED) is 0.405. The maximum atomic E-state index is 12.2. The number of thiazole rings is 1. The van der Waals surface area contributed by atoms with Crippen LogP contribution in [-0.2, 0) is 27.4 Å². The van der Waals surface area contributed by atoms with Crippen molar-refractivity contribution in [3.05, 3.63) is 65.2 Å². The number of rotatable bonds is 10. The van der Waals surface area contributed by atoms with Crippen molar-refractivity contribution in [2.45, 2.75) is 33.8 Å². The molecule has 0 aliphatic rings. The molecule has 0 saturated carbocycles. The molecule has 8 heteroatoms. The van der Waals surface area contributed by atoms with Crippen LogP contribution in [0.3, 0.4) is 0 Å². The molecule has 0 saturated heterocycles. The Morgan fingerprint density at radius 3 is 2.31 bits per heavy atom. The van der Waals surface area contributed by atoms with Gasteiger partial charge in [-0.15, -0.1) is 11.3 Å². The predicted molar refractivity (Wildman–Crippen MR) is 124 cm³/mol. The van der Waals surface area contributed by atoms with Gasteiger partial charge in [-0.05, 0) is 43.2 Å². The van der Waals surface area contributed by atoms with Crippen molar-refractivity contribution in [2.24, 2.45) is 0 Å². The number of para-hydroxylation sites is 2. The van der Waals surface area contributed by atoms with Gasteiger partial charge in [-0.2, -0.15) is 0 Å². The summed E-state index contributed by atoms with van der Waals surface area (Å²) in [7, 11) is 0. The molecule has 32 heavy (non-hydrogen) atoms. The third kappa shape index (κ3) is 6.07. The summed E-state index contributed by atoms with van der Waals surface area (Å²) < 4.78 is 16.3. The molecule has 0 bridgehead atoms. The summed E-state index contributed by atoms with van der Waals surface area (Å²) in [5.74, 6) is 0.384. The second kappa shape index (κ2) is 11.3. The van der Waals surface area contributed by atoms with E-state index in [1.54, 1.807) is 28.5 Å². The zero-order valence-electron chi connectivity index (χ0n) is 18.4. The van der Waals surface area contributed by atoms with Gasteiger partial charge in [-0.3, -0.25) is 9.69 Å². The number of amides is 1. The molecule has 3 aromatic rings. The fraction of sp³-hybridized carbons (Fsp3) is 0.292. The molecule has 1 aromatic heterocycles. The maximum absolute atomic E-state index is 12.2. The molecule has 0 fully saturated rings. The van der Waals surface area contributed by atoms with E-state index in [4.69, 9.17) is 14.2 Å². The number of hydrogen-bond acceptors (Lipinski definition) is 7. The fourth-order valence-corrected chi connectivity index (χ4v) is 3.82. The number of esters is 1. The highest BCUT2D eigenvalue weighted by Crippen LogP contribution is 2.30. The molecule has 2 aromatic carbocycles. The molecule has 7 nitrogen and oxygen atoms in total. The first-order valence-corrected chi connectivity index (χ1v) is 11.2. The van der Waals surface area contributed by atoms with Crippen molar-refractivity contribution in [2.75, 3.05) is 18.1 Å². The first kappa shape index (κ1) is 23.3. The highest BCUT2D eigenvalue weighted by molar-refractivity contribution is 7.14. The van der Waals surface area contributed by atoms with E-state index in [0.29, 0.717) is 28.9 Å². The van der Waals surface area contributed by atoms with E-state index >= 15 is 0 Å². The van der Waals surface area contributed by atoms with E-state index in [1.165, 1.54) is 23.8 Å². The summed E-state index contributed by atoms with van der Waals surface area (Å²) in [6.07, 6.45) is 0.925. The van der Waals surface area contributed by atoms with E-state index in [1.807, 2.05) is 37.3 Å². The molecule has 0 spiro atoms. The Morgan fingerprint density at radius 1 is 1.00 bits per heavy atom. The molecule has 0 unspecified atom stereocenters. The van der Waals surface area contributed by atoms with E-state index < -0.39 is 5.97 Å². The molecule has 0 aliphatic heterocycles. The van der Waals surface area contributed by atoms with Gasteiger partial charge in [0.1, 0.15) is 6.61 Å². The molecule has 3 rings (SSSR count). The lowest BCUT2D eigenvalue weighted by Gasteiger charge is -2.18. The van der Waals surface area contributed by atoms with Crippen LogP contribution < -0.4 is 14.4 Å². The minimum absolute atomic E-state index is 0.00762. The van der Waals surface area contributed by atoms with Crippen LogP contribution in [0.25, 0.3) is 0 Å². The van der Waals surface area contributed by atoms with Gasteiger partial charge in [0, 0.05) is 12.3 Å². The zero-order chi connectivity index (χ0) is 22.9. The van der Waals surface area contributed by atoms with Crippen molar-refractivity contribution >= 4 is 34.0 Å². The first-order chi connectivity index (χ1) is 15.5. The molecule has 0 N–H and O–H groups in total. The van der Waals surface area contributed by atoms with Crippen LogP contribution in [0.15, 0.2) is 53.9 Å². The molecule has 0 aliphatic carbocycles. The van der Waals surface area contributed by atoms with E-state index in [0.717, 1.165) is 12.1 Å². The summed E-state index contributed by atoms with van der Waals surface area (Å²) in [4.78, 5) is 30.4. The summed E-state index contributed by atoms with van der Waals surface area (Å²) in [5, 5.41) is 2.29. The van der Waals surface area contributed by atoms with Crippen LogP contribution in [0.5, 0.6) is 11.5 Å². The summed E-state index contributed by atoms with van der Waals surface area (Å²) >= 11 is 1.31. The van der Waals surface area contributed by atoms with Gasteiger partial charge in [-0.25, -0.2) is 9.78 Å². The van der Waals surface area contributed by atoms with Gasteiger partial charge in [0.15, 0.2) is 23.2 Å². The third-order valence-electron chi connectivity index (χ3n) is 4.52. The number of hydrogen-bond donors (Lipinski definition) is 0. The number of aromatic nitrogens is 1. The van der Waals surface area contributed by atoms with E-state index in [2.05, 4.69) is 11.9 Å². The Morgan fingerprint density at radius 2 is 1.69 bits per heavy atom. The van der Waals surface area contributed by atoms with Crippen LogP contribution in [0.2, 0.25) is 0 Å². The minimum atomic E-state index is -0.524. The monoisotopic (exact) mass is 454 g/mol. The number of carbonyl (C=O) groups excluding carboxylic acids is 2. The summed E-state index contributed by atoms with van der Waals surface area (Å²) in [6, 6.07) is 14.9. The first-order valence-electron chi connectivity index (χ1n) is 10.4. The molecule has 1 amide bonds. The van der Waals surface area contributed by atoms with Gasteiger partial charge >= 0.3 is 5.97 Å². The Kier molecular flexibility index (Phi) is 8.21. The van der Waals surface area contributed by atoms with Crippen molar-refractivity contribution in [1.82, 2.24) is 4.98 Å². The minimum Gasteiger partial charge on any atom is -0.490 e. The molecular formula is C24H26N2O5S. The van der Waals surface area contributed by atoms with Gasteiger partial charge in [0.25, 0.3) is 0 Å². The normalized spacial score (nSPS) is 10.5. The fourth-order valence-electron chi connectivity index (χ4n) is 2.95. The van der Waals surface area contributed by atoms with Crippen LogP contribution >= 0.6 is 11.3 Å². The number of ether oxygens (including phenoxy) is 3. The second-order valence-electron chi connectivity index (χ2n) is 6.82. The van der Waals surface area contributed by atoms with Gasteiger partial charge < -0.3 is 14.2 Å². The van der Waals surface area contributed by atoms with Crippen molar-refractivity contribution in [1.29, 1.82) is 0 Å². The largest absolute Gasteiger partial charge is 0.490 e. The average Bonchev–Trinajstić information content (AvgIpc) is 3.26. The van der Waals surface area contributed by atoms with Crippen LogP contribution in [0.4, 0.5) is 10.8 Å². The maximum Gasteiger partial charge on any atom is 0.344 e. The van der Waals surface area contributed by atoms with Gasteiger partial charge in [0.05, 0.1) is 18.0 Å². The summed E-state index contributed by atoms with van der Waals surface area (Å²) in [6.45, 7) is 5.69. The highest BCUT2D eigenvalue weighted by atomic mass is 32.1. The van der Waals surface area contributed by atoms with Crippen molar-refractivity contribution in [3.63, 3.8) is 0 Å². The third-order valence-corrected chi connectivity index (χ3v) is 5.40. The second-order valence-corrected chi connectivity index (χ2v) is 7.66. The van der Waals surface area contributed by atoms with Crippen LogP contribution in [-0.4, -0.2) is 30.1 Å². The zero-order valence-corrected chi connectivity index (χ0v) is 19.2. The summed E-state index contributed by atoms with van der Waals surface area (Å²) in [5.41, 5.74) is 2.49. The number of anilines is 2.